The van der Waals surface area contributed by atoms with Gasteiger partial charge in [0.1, 0.15) is 6.54 Å². The SMILES string of the molecule is CN1CCN(CCCNC(=O)CN2NC(c3ccccc3)=CCC2=O)CC1. The molecule has 0 spiro atoms. The molecule has 1 aromatic rings. The van der Waals surface area contributed by atoms with Gasteiger partial charge in [-0.1, -0.05) is 30.3 Å². The molecule has 7 heteroatoms. The Hall–Kier alpha value is -2.38. The van der Waals surface area contributed by atoms with Crippen LogP contribution in [0.4, 0.5) is 0 Å². The standard InChI is InChI=1S/C20H29N5O2/c1-23-12-14-24(15-13-23)11-5-10-21-19(26)16-25-20(27)9-8-18(22-25)17-6-3-2-4-7-17/h2-4,6-8,22H,5,9-16H2,1H3,(H,21,26). The smallest absolute Gasteiger partial charge is 0.245 e. The highest BCUT2D eigenvalue weighted by Gasteiger charge is 2.22. The molecule has 146 valence electrons. The van der Waals surface area contributed by atoms with E-state index in [1.54, 1.807) is 0 Å². The predicted octanol–water partition coefficient (Wildman–Crippen LogP) is 0.518. The molecule has 2 aliphatic heterocycles. The van der Waals surface area contributed by atoms with Gasteiger partial charge in [-0.2, -0.15) is 0 Å². The topological polar surface area (TPSA) is 67.9 Å². The molecule has 1 saturated heterocycles. The molecule has 3 rings (SSSR count). The normalized spacial score (nSPS) is 18.8. The minimum Gasteiger partial charge on any atom is -0.354 e. The number of carbonyl (C=O) groups is 2. The van der Waals surface area contributed by atoms with E-state index in [1.165, 1.54) is 5.01 Å². The van der Waals surface area contributed by atoms with Crippen molar-refractivity contribution in [1.29, 1.82) is 0 Å². The highest BCUT2D eigenvalue weighted by molar-refractivity contribution is 5.88. The fourth-order valence-electron chi connectivity index (χ4n) is 3.28. The van der Waals surface area contributed by atoms with Crippen molar-refractivity contribution in [3.63, 3.8) is 0 Å². The Morgan fingerprint density at radius 2 is 1.89 bits per heavy atom. The second-order valence-corrected chi connectivity index (χ2v) is 7.13. The average Bonchev–Trinajstić information content (AvgIpc) is 2.69. The van der Waals surface area contributed by atoms with Gasteiger partial charge >= 0.3 is 0 Å². The van der Waals surface area contributed by atoms with Gasteiger partial charge in [0.2, 0.25) is 11.8 Å². The maximum atomic E-state index is 12.2. The van der Waals surface area contributed by atoms with Gasteiger partial charge in [0.25, 0.3) is 0 Å². The third-order valence-corrected chi connectivity index (χ3v) is 4.99. The number of likely N-dealkylation sites (N-methyl/N-ethyl adjacent to an activating group) is 1. The summed E-state index contributed by atoms with van der Waals surface area (Å²) >= 11 is 0. The van der Waals surface area contributed by atoms with Crippen LogP contribution in [0, 0.1) is 0 Å². The molecule has 0 bridgehead atoms. The average molecular weight is 371 g/mol. The quantitative estimate of drug-likeness (QED) is 0.684. The molecule has 2 heterocycles. The number of piperazine rings is 1. The zero-order valence-electron chi connectivity index (χ0n) is 16.0. The fraction of sp³-hybridized carbons (Fsp3) is 0.500. The number of nitrogens with one attached hydrogen (secondary N) is 2. The molecular weight excluding hydrogens is 342 g/mol. The van der Waals surface area contributed by atoms with Crippen LogP contribution in [-0.4, -0.2) is 79.5 Å². The molecule has 0 radical (unpaired) electrons. The van der Waals surface area contributed by atoms with Crippen molar-refractivity contribution in [1.82, 2.24) is 25.6 Å². The van der Waals surface area contributed by atoms with E-state index in [1.807, 2.05) is 36.4 Å². The van der Waals surface area contributed by atoms with Crippen LogP contribution in [0.3, 0.4) is 0 Å². The van der Waals surface area contributed by atoms with Crippen LogP contribution in [0.15, 0.2) is 36.4 Å². The maximum absolute atomic E-state index is 12.2. The summed E-state index contributed by atoms with van der Waals surface area (Å²) in [4.78, 5) is 29.1. The third kappa shape index (κ3) is 5.80. The lowest BCUT2D eigenvalue weighted by Gasteiger charge is -2.32. The van der Waals surface area contributed by atoms with E-state index < -0.39 is 0 Å². The van der Waals surface area contributed by atoms with Crippen molar-refractivity contribution < 1.29 is 9.59 Å². The predicted molar refractivity (Wildman–Crippen MR) is 105 cm³/mol. The van der Waals surface area contributed by atoms with Gasteiger partial charge in [-0.15, -0.1) is 0 Å². The number of rotatable bonds is 7. The Balaban J connectivity index is 1.38. The molecule has 27 heavy (non-hydrogen) atoms. The van der Waals surface area contributed by atoms with Crippen LogP contribution in [0.5, 0.6) is 0 Å². The van der Waals surface area contributed by atoms with Crippen molar-refractivity contribution in [3.8, 4) is 0 Å². The van der Waals surface area contributed by atoms with Gasteiger partial charge in [-0.3, -0.25) is 15.0 Å². The first kappa shape index (κ1) is 19.4. The zero-order valence-corrected chi connectivity index (χ0v) is 16.0. The molecule has 0 unspecified atom stereocenters. The first-order chi connectivity index (χ1) is 13.1. The van der Waals surface area contributed by atoms with Crippen molar-refractivity contribution in [2.24, 2.45) is 0 Å². The van der Waals surface area contributed by atoms with Gasteiger partial charge in [-0.05, 0) is 31.7 Å². The Bertz CT molecular complexity index is 668. The van der Waals surface area contributed by atoms with Gasteiger partial charge in [0.15, 0.2) is 0 Å². The van der Waals surface area contributed by atoms with Crippen LogP contribution in [0.2, 0.25) is 0 Å². The molecule has 0 saturated carbocycles. The Kier molecular flexibility index (Phi) is 6.84. The van der Waals surface area contributed by atoms with Crippen LogP contribution < -0.4 is 10.7 Å². The number of nitrogens with zero attached hydrogens (tertiary/aromatic N) is 3. The fourth-order valence-corrected chi connectivity index (χ4v) is 3.28. The second kappa shape index (κ2) is 9.53. The lowest BCUT2D eigenvalue weighted by atomic mass is 10.1. The van der Waals surface area contributed by atoms with Gasteiger partial charge in [0, 0.05) is 39.1 Å². The van der Waals surface area contributed by atoms with Gasteiger partial charge < -0.3 is 15.1 Å². The van der Waals surface area contributed by atoms with E-state index in [2.05, 4.69) is 27.6 Å². The number of hydrogen-bond donors (Lipinski definition) is 2. The molecule has 2 aliphatic rings. The van der Waals surface area contributed by atoms with E-state index in [9.17, 15) is 9.59 Å². The number of hydrazine groups is 1. The molecule has 1 aromatic carbocycles. The lowest BCUT2D eigenvalue weighted by Crippen LogP contribution is -2.49. The Morgan fingerprint density at radius 1 is 1.15 bits per heavy atom. The minimum absolute atomic E-state index is 0.0253. The van der Waals surface area contributed by atoms with Crippen LogP contribution in [-0.2, 0) is 9.59 Å². The lowest BCUT2D eigenvalue weighted by molar-refractivity contribution is -0.137. The zero-order chi connectivity index (χ0) is 19.1. The highest BCUT2D eigenvalue weighted by Crippen LogP contribution is 2.16. The largest absolute Gasteiger partial charge is 0.354 e. The summed E-state index contributed by atoms with van der Waals surface area (Å²) in [6.07, 6.45) is 3.09. The molecule has 7 nitrogen and oxygen atoms in total. The molecule has 1 fully saturated rings. The van der Waals surface area contributed by atoms with Crippen LogP contribution in [0.1, 0.15) is 18.4 Å². The van der Waals surface area contributed by atoms with E-state index in [4.69, 9.17) is 0 Å². The molecule has 2 N–H and O–H groups in total. The van der Waals surface area contributed by atoms with E-state index >= 15 is 0 Å². The minimum atomic E-state index is -0.136. The summed E-state index contributed by atoms with van der Waals surface area (Å²) in [7, 11) is 2.14. The summed E-state index contributed by atoms with van der Waals surface area (Å²) in [6, 6.07) is 9.80. The van der Waals surface area contributed by atoms with Gasteiger partial charge in [0.05, 0.1) is 5.70 Å². The van der Waals surface area contributed by atoms with Crippen molar-refractivity contribution >= 4 is 17.5 Å². The first-order valence-electron chi connectivity index (χ1n) is 9.62. The molecule has 0 aromatic heterocycles. The summed E-state index contributed by atoms with van der Waals surface area (Å²) in [5.74, 6) is -0.231. The molecule has 0 aliphatic carbocycles. The summed E-state index contributed by atoms with van der Waals surface area (Å²) in [5.41, 5.74) is 4.93. The van der Waals surface area contributed by atoms with Crippen LogP contribution in [0.25, 0.3) is 5.70 Å². The molecule has 0 atom stereocenters. The van der Waals surface area contributed by atoms with E-state index in [-0.39, 0.29) is 18.4 Å². The second-order valence-electron chi connectivity index (χ2n) is 7.13. The first-order valence-corrected chi connectivity index (χ1v) is 9.62. The summed E-state index contributed by atoms with van der Waals surface area (Å²) in [6.45, 7) is 6.04. The van der Waals surface area contributed by atoms with Gasteiger partial charge in [-0.25, -0.2) is 5.01 Å². The number of amides is 2. The molecular formula is C20H29N5O2. The van der Waals surface area contributed by atoms with E-state index in [0.29, 0.717) is 13.0 Å². The third-order valence-electron chi connectivity index (χ3n) is 4.99. The Labute approximate surface area is 161 Å². The van der Waals surface area contributed by atoms with E-state index in [0.717, 1.165) is 50.4 Å². The number of hydrogen-bond acceptors (Lipinski definition) is 5. The summed E-state index contributed by atoms with van der Waals surface area (Å²) in [5, 5.41) is 4.33. The van der Waals surface area contributed by atoms with Crippen LogP contribution >= 0.6 is 0 Å². The number of carbonyl (C=O) groups excluding carboxylic acids is 2. The number of benzene rings is 1. The van der Waals surface area contributed by atoms with Crippen molar-refractivity contribution in [3.05, 3.63) is 42.0 Å². The molecule has 2 amide bonds. The highest BCUT2D eigenvalue weighted by atomic mass is 16.2. The summed E-state index contributed by atoms with van der Waals surface area (Å²) < 4.78 is 0. The van der Waals surface area contributed by atoms with Crippen molar-refractivity contribution in [2.45, 2.75) is 12.8 Å². The Morgan fingerprint density at radius 3 is 2.63 bits per heavy atom. The maximum Gasteiger partial charge on any atom is 0.245 e. The monoisotopic (exact) mass is 371 g/mol. The van der Waals surface area contributed by atoms with Crippen molar-refractivity contribution in [2.75, 3.05) is 52.9 Å².